The quantitative estimate of drug-likeness (QED) is 0.616. The smallest absolute Gasteiger partial charge is 0.292 e. The number of aryl methyl sites for hydroxylation is 1. The first kappa shape index (κ1) is 20.3. The number of carbonyl (C=O) groups is 2. The number of nitrogens with zero attached hydrogens (tertiary/aromatic N) is 3. The summed E-state index contributed by atoms with van der Waals surface area (Å²) in [6.07, 6.45) is 3.64. The van der Waals surface area contributed by atoms with E-state index in [0.29, 0.717) is 23.5 Å². The van der Waals surface area contributed by atoms with Crippen LogP contribution in [0.15, 0.2) is 30.3 Å². The van der Waals surface area contributed by atoms with Crippen LogP contribution in [0, 0.1) is 13.8 Å². The van der Waals surface area contributed by atoms with Gasteiger partial charge in [0.25, 0.3) is 11.7 Å². The molecule has 0 aliphatic carbocycles. The van der Waals surface area contributed by atoms with Crippen LogP contribution < -0.4 is 5.32 Å². The molecule has 1 saturated heterocycles. The molecule has 2 heterocycles. The third-order valence-corrected chi connectivity index (χ3v) is 5.62. The minimum Gasteiger partial charge on any atom is -0.347 e. The summed E-state index contributed by atoms with van der Waals surface area (Å²) in [5.74, 6) is -1.09. The average Bonchev–Trinajstić information content (AvgIpc) is 3.01. The van der Waals surface area contributed by atoms with E-state index in [1.807, 2.05) is 37.3 Å². The van der Waals surface area contributed by atoms with Crippen LogP contribution in [-0.4, -0.2) is 51.5 Å². The summed E-state index contributed by atoms with van der Waals surface area (Å²) in [5, 5.41) is 7.33. The number of carbonyl (C=O) groups excluding carboxylic acids is 2. The number of aromatic nitrogens is 2. The average molecular weight is 383 g/mol. The van der Waals surface area contributed by atoms with Gasteiger partial charge in [-0.25, -0.2) is 4.68 Å². The van der Waals surface area contributed by atoms with Crippen LogP contribution in [-0.2, 0) is 4.79 Å². The molecule has 2 aromatic rings. The monoisotopic (exact) mass is 382 g/mol. The summed E-state index contributed by atoms with van der Waals surface area (Å²) >= 11 is 0. The molecule has 0 bridgehead atoms. The highest BCUT2D eigenvalue weighted by Crippen LogP contribution is 2.21. The highest BCUT2D eigenvalue weighted by atomic mass is 16.2. The van der Waals surface area contributed by atoms with E-state index >= 15 is 0 Å². The molecule has 1 N–H and O–H groups in total. The van der Waals surface area contributed by atoms with Gasteiger partial charge in [-0.3, -0.25) is 14.5 Å². The van der Waals surface area contributed by atoms with Crippen molar-refractivity contribution in [2.45, 2.75) is 52.5 Å². The second kappa shape index (κ2) is 8.27. The van der Waals surface area contributed by atoms with E-state index in [9.17, 15) is 9.59 Å². The molecule has 3 rings (SSSR count). The number of amides is 1. The Kier molecular flexibility index (Phi) is 5.98. The van der Waals surface area contributed by atoms with Crippen molar-refractivity contribution in [2.75, 3.05) is 19.6 Å². The van der Waals surface area contributed by atoms with Gasteiger partial charge in [0.15, 0.2) is 0 Å². The van der Waals surface area contributed by atoms with Gasteiger partial charge in [-0.1, -0.05) is 24.6 Å². The number of rotatable bonds is 6. The number of piperidine rings is 1. The number of ketones is 1. The predicted molar refractivity (Wildman–Crippen MR) is 110 cm³/mol. The zero-order valence-electron chi connectivity index (χ0n) is 17.3. The fourth-order valence-electron chi connectivity index (χ4n) is 3.89. The Morgan fingerprint density at radius 2 is 1.71 bits per heavy atom. The van der Waals surface area contributed by atoms with Crippen LogP contribution in [0.2, 0.25) is 0 Å². The molecule has 1 amide bonds. The molecule has 0 spiro atoms. The molecular weight excluding hydrogens is 352 g/mol. The highest BCUT2D eigenvalue weighted by Gasteiger charge is 2.30. The summed E-state index contributed by atoms with van der Waals surface area (Å²) < 4.78 is 1.72. The number of para-hydroxylation sites is 1. The van der Waals surface area contributed by atoms with Gasteiger partial charge < -0.3 is 5.32 Å². The standard InChI is InChI=1S/C22H30N4O2/c1-16-19(17(2)26(24-16)18-11-7-5-8-12-18)20(27)21(28)23-15-22(3,4)25-13-9-6-10-14-25/h5,7-8,11-12H,6,9-10,13-15H2,1-4H3,(H,23,28). The molecule has 0 radical (unpaired) electrons. The van der Waals surface area contributed by atoms with E-state index in [2.05, 4.69) is 29.2 Å². The zero-order valence-corrected chi connectivity index (χ0v) is 17.3. The molecule has 0 saturated carbocycles. The Morgan fingerprint density at radius 3 is 2.36 bits per heavy atom. The summed E-state index contributed by atoms with van der Waals surface area (Å²) in [7, 11) is 0. The molecular formula is C22H30N4O2. The number of Topliss-reactive ketones (excluding diaryl/α,β-unsaturated/α-hetero) is 1. The number of benzene rings is 1. The van der Waals surface area contributed by atoms with Crippen molar-refractivity contribution in [3.8, 4) is 5.69 Å². The molecule has 1 aromatic heterocycles. The van der Waals surface area contributed by atoms with E-state index in [4.69, 9.17) is 0 Å². The molecule has 6 heteroatoms. The lowest BCUT2D eigenvalue weighted by atomic mass is 9.98. The molecule has 28 heavy (non-hydrogen) atoms. The molecule has 1 fully saturated rings. The van der Waals surface area contributed by atoms with Gasteiger partial charge in [0, 0.05) is 12.1 Å². The van der Waals surface area contributed by atoms with Gasteiger partial charge >= 0.3 is 0 Å². The van der Waals surface area contributed by atoms with E-state index in [-0.39, 0.29) is 5.54 Å². The number of hydrogen-bond acceptors (Lipinski definition) is 4. The lowest BCUT2D eigenvalue weighted by molar-refractivity contribution is -0.117. The third-order valence-electron chi connectivity index (χ3n) is 5.62. The molecule has 0 atom stereocenters. The first-order chi connectivity index (χ1) is 13.3. The molecule has 0 unspecified atom stereocenters. The van der Waals surface area contributed by atoms with Gasteiger partial charge in [0.2, 0.25) is 0 Å². The Morgan fingerprint density at radius 1 is 1.07 bits per heavy atom. The fourth-order valence-corrected chi connectivity index (χ4v) is 3.89. The van der Waals surface area contributed by atoms with Crippen LogP contribution in [0.3, 0.4) is 0 Å². The van der Waals surface area contributed by atoms with Crippen LogP contribution in [0.4, 0.5) is 0 Å². The van der Waals surface area contributed by atoms with Crippen LogP contribution in [0.1, 0.15) is 54.9 Å². The summed E-state index contributed by atoms with van der Waals surface area (Å²) in [4.78, 5) is 27.8. The minimum absolute atomic E-state index is 0.172. The summed E-state index contributed by atoms with van der Waals surface area (Å²) in [6.45, 7) is 10.4. The Labute approximate surface area is 166 Å². The van der Waals surface area contributed by atoms with Crippen molar-refractivity contribution in [3.63, 3.8) is 0 Å². The van der Waals surface area contributed by atoms with Crippen molar-refractivity contribution < 1.29 is 9.59 Å². The second-order valence-electron chi connectivity index (χ2n) is 8.17. The van der Waals surface area contributed by atoms with Crippen LogP contribution >= 0.6 is 0 Å². The molecule has 6 nitrogen and oxygen atoms in total. The first-order valence-corrected chi connectivity index (χ1v) is 10.0. The van der Waals surface area contributed by atoms with Crippen LogP contribution in [0.25, 0.3) is 5.69 Å². The Hall–Kier alpha value is -2.47. The number of likely N-dealkylation sites (tertiary alicyclic amines) is 1. The second-order valence-corrected chi connectivity index (χ2v) is 8.17. The number of hydrogen-bond donors (Lipinski definition) is 1. The van der Waals surface area contributed by atoms with Gasteiger partial charge in [0.05, 0.1) is 22.6 Å². The molecule has 1 aliphatic heterocycles. The summed E-state index contributed by atoms with van der Waals surface area (Å²) in [5.41, 5.74) is 2.33. The normalized spacial score (nSPS) is 15.4. The topological polar surface area (TPSA) is 67.2 Å². The lowest BCUT2D eigenvalue weighted by Gasteiger charge is -2.41. The predicted octanol–water partition coefficient (Wildman–Crippen LogP) is 3.05. The number of nitrogens with one attached hydrogen (secondary N) is 1. The first-order valence-electron chi connectivity index (χ1n) is 10.0. The van der Waals surface area contributed by atoms with Crippen molar-refractivity contribution in [1.29, 1.82) is 0 Å². The van der Waals surface area contributed by atoms with Gasteiger partial charge in [0.1, 0.15) is 0 Å². The van der Waals surface area contributed by atoms with Crippen molar-refractivity contribution >= 4 is 11.7 Å². The maximum atomic E-state index is 12.8. The minimum atomic E-state index is -0.566. The van der Waals surface area contributed by atoms with Gasteiger partial charge in [-0.2, -0.15) is 5.10 Å². The van der Waals surface area contributed by atoms with E-state index in [1.54, 1.807) is 11.6 Å². The van der Waals surface area contributed by atoms with E-state index in [1.165, 1.54) is 19.3 Å². The zero-order chi connectivity index (χ0) is 20.3. The maximum absolute atomic E-state index is 12.8. The SMILES string of the molecule is Cc1nn(-c2ccccc2)c(C)c1C(=O)C(=O)NCC(C)(C)N1CCCCC1. The van der Waals surface area contributed by atoms with Crippen molar-refractivity contribution in [2.24, 2.45) is 0 Å². The molecule has 1 aliphatic rings. The highest BCUT2D eigenvalue weighted by molar-refractivity contribution is 6.43. The van der Waals surface area contributed by atoms with Crippen molar-refractivity contribution in [3.05, 3.63) is 47.3 Å². The molecule has 150 valence electrons. The fraction of sp³-hybridized carbons (Fsp3) is 0.500. The Bertz CT molecular complexity index is 849. The maximum Gasteiger partial charge on any atom is 0.292 e. The van der Waals surface area contributed by atoms with Crippen LogP contribution in [0.5, 0.6) is 0 Å². The van der Waals surface area contributed by atoms with E-state index < -0.39 is 11.7 Å². The van der Waals surface area contributed by atoms with Crippen molar-refractivity contribution in [1.82, 2.24) is 20.0 Å². The Balaban J connectivity index is 1.71. The van der Waals surface area contributed by atoms with Gasteiger partial charge in [-0.05, 0) is 65.8 Å². The lowest BCUT2D eigenvalue weighted by Crippen LogP contribution is -2.54. The molecule has 1 aromatic carbocycles. The third kappa shape index (κ3) is 4.17. The van der Waals surface area contributed by atoms with E-state index in [0.717, 1.165) is 18.8 Å². The largest absolute Gasteiger partial charge is 0.347 e. The van der Waals surface area contributed by atoms with Gasteiger partial charge in [-0.15, -0.1) is 0 Å². The summed E-state index contributed by atoms with van der Waals surface area (Å²) in [6, 6.07) is 9.62.